The fourth-order valence-corrected chi connectivity index (χ4v) is 4.11. The lowest BCUT2D eigenvalue weighted by Gasteiger charge is -2.24. The fourth-order valence-electron chi connectivity index (χ4n) is 2.50. The van der Waals surface area contributed by atoms with Crippen LogP contribution in [0.25, 0.3) is 0 Å². The van der Waals surface area contributed by atoms with Gasteiger partial charge in [-0.15, -0.1) is 0 Å². The van der Waals surface area contributed by atoms with Crippen LogP contribution in [0.3, 0.4) is 0 Å². The summed E-state index contributed by atoms with van der Waals surface area (Å²) in [5, 5.41) is 0. The van der Waals surface area contributed by atoms with Crippen molar-refractivity contribution in [3.8, 4) is 0 Å². The topological polar surface area (TPSA) is 63.4 Å². The first-order chi connectivity index (χ1) is 9.01. The first kappa shape index (κ1) is 14.3. The minimum atomic E-state index is -3.44. The molecule has 2 N–H and O–H groups in total. The monoisotopic (exact) mass is 282 g/mol. The van der Waals surface area contributed by atoms with Gasteiger partial charge in [-0.05, 0) is 37.5 Å². The number of rotatable bonds is 2. The Morgan fingerprint density at radius 1 is 1.05 bits per heavy atom. The number of aryl methyl sites for hydroxylation is 1. The van der Waals surface area contributed by atoms with Gasteiger partial charge in [0.25, 0.3) is 0 Å². The van der Waals surface area contributed by atoms with Crippen molar-refractivity contribution in [2.24, 2.45) is 0 Å². The van der Waals surface area contributed by atoms with Crippen molar-refractivity contribution >= 4 is 15.7 Å². The van der Waals surface area contributed by atoms with Crippen molar-refractivity contribution in [3.63, 3.8) is 0 Å². The van der Waals surface area contributed by atoms with Crippen molar-refractivity contribution in [1.82, 2.24) is 4.31 Å². The molecule has 0 spiro atoms. The Bertz CT molecular complexity index is 532. The summed E-state index contributed by atoms with van der Waals surface area (Å²) >= 11 is 0. The average Bonchev–Trinajstić information content (AvgIpc) is 2.26. The first-order valence-corrected chi connectivity index (χ1v) is 8.32. The third-order valence-electron chi connectivity index (χ3n) is 3.60. The Hall–Kier alpha value is -1.07. The maximum atomic E-state index is 12.6. The van der Waals surface area contributed by atoms with E-state index in [4.69, 9.17) is 5.73 Å². The van der Waals surface area contributed by atoms with Crippen molar-refractivity contribution in [2.75, 3.05) is 18.8 Å². The van der Waals surface area contributed by atoms with E-state index in [0.717, 1.165) is 31.2 Å². The minimum absolute atomic E-state index is 0.249. The number of nitrogen functional groups attached to an aromatic ring is 1. The van der Waals surface area contributed by atoms with E-state index in [0.29, 0.717) is 18.8 Å². The largest absolute Gasteiger partial charge is 0.398 e. The highest BCUT2D eigenvalue weighted by molar-refractivity contribution is 7.89. The van der Waals surface area contributed by atoms with Crippen LogP contribution < -0.4 is 5.73 Å². The lowest BCUT2D eigenvalue weighted by molar-refractivity contribution is 0.364. The molecule has 1 aliphatic rings. The van der Waals surface area contributed by atoms with E-state index >= 15 is 0 Å². The van der Waals surface area contributed by atoms with Crippen LogP contribution >= 0.6 is 0 Å². The molecule has 0 radical (unpaired) electrons. The van der Waals surface area contributed by atoms with E-state index in [9.17, 15) is 8.42 Å². The molecule has 4 nitrogen and oxygen atoms in total. The molecule has 1 aliphatic heterocycles. The maximum Gasteiger partial charge on any atom is 0.245 e. The van der Waals surface area contributed by atoms with Gasteiger partial charge >= 0.3 is 0 Å². The summed E-state index contributed by atoms with van der Waals surface area (Å²) in [6, 6.07) is 5.14. The number of nitrogens with zero attached hydrogens (tertiary/aromatic N) is 1. The molecule has 1 aromatic rings. The normalized spacial score (nSPS) is 18.8. The molecule has 1 fully saturated rings. The van der Waals surface area contributed by atoms with Crippen LogP contribution in [-0.4, -0.2) is 25.8 Å². The van der Waals surface area contributed by atoms with Crippen LogP contribution in [-0.2, 0) is 10.0 Å². The Morgan fingerprint density at radius 3 is 2.21 bits per heavy atom. The average molecular weight is 282 g/mol. The molecule has 19 heavy (non-hydrogen) atoms. The molecule has 0 amide bonds. The van der Waals surface area contributed by atoms with Gasteiger partial charge in [0.2, 0.25) is 10.0 Å². The number of nitrogens with two attached hydrogens (primary N) is 1. The van der Waals surface area contributed by atoms with Crippen molar-refractivity contribution in [1.29, 1.82) is 0 Å². The van der Waals surface area contributed by atoms with Crippen LogP contribution in [0.2, 0.25) is 0 Å². The van der Waals surface area contributed by atoms with Gasteiger partial charge in [-0.2, -0.15) is 4.31 Å². The number of hydrogen-bond acceptors (Lipinski definition) is 3. The summed E-state index contributed by atoms with van der Waals surface area (Å²) in [6.45, 7) is 3.12. The molecule has 0 bridgehead atoms. The Balaban J connectivity index is 2.29. The Kier molecular flexibility index (Phi) is 4.47. The van der Waals surface area contributed by atoms with Gasteiger partial charge in [0.15, 0.2) is 0 Å². The summed E-state index contributed by atoms with van der Waals surface area (Å²) in [7, 11) is -3.44. The van der Waals surface area contributed by atoms with E-state index in [1.54, 1.807) is 22.5 Å². The molecular formula is C14H22N2O2S. The van der Waals surface area contributed by atoms with Crippen LogP contribution in [0.5, 0.6) is 0 Å². The fraction of sp³-hybridized carbons (Fsp3) is 0.571. The highest BCUT2D eigenvalue weighted by Gasteiger charge is 2.26. The van der Waals surface area contributed by atoms with Crippen molar-refractivity contribution < 1.29 is 8.42 Å². The highest BCUT2D eigenvalue weighted by Crippen LogP contribution is 2.25. The van der Waals surface area contributed by atoms with Gasteiger partial charge in [-0.25, -0.2) is 8.42 Å². The third-order valence-corrected chi connectivity index (χ3v) is 5.57. The molecule has 2 rings (SSSR count). The number of anilines is 1. The zero-order valence-corrected chi connectivity index (χ0v) is 12.2. The third kappa shape index (κ3) is 3.28. The zero-order valence-electron chi connectivity index (χ0n) is 11.4. The van der Waals surface area contributed by atoms with Crippen molar-refractivity contribution in [2.45, 2.75) is 43.9 Å². The molecule has 1 saturated heterocycles. The second-order valence-electron chi connectivity index (χ2n) is 5.21. The van der Waals surface area contributed by atoms with Crippen LogP contribution in [0.4, 0.5) is 5.69 Å². The number of hydrogen-bond donors (Lipinski definition) is 1. The number of sulfonamides is 1. The molecular weight excluding hydrogens is 260 g/mol. The number of benzene rings is 1. The van der Waals surface area contributed by atoms with Crippen LogP contribution in [0, 0.1) is 6.92 Å². The minimum Gasteiger partial charge on any atom is -0.398 e. The van der Waals surface area contributed by atoms with Gasteiger partial charge in [0, 0.05) is 13.1 Å². The summed E-state index contributed by atoms with van der Waals surface area (Å²) in [5.41, 5.74) is 7.20. The predicted molar refractivity (Wildman–Crippen MR) is 77.4 cm³/mol. The van der Waals surface area contributed by atoms with E-state index in [1.807, 2.05) is 6.92 Å². The standard InChI is InChI=1S/C14H22N2O2S/c1-12-7-8-14(13(15)11-12)19(17,18)16-9-5-3-2-4-6-10-16/h7-8,11H,2-6,9-10,15H2,1H3. The van der Waals surface area contributed by atoms with Crippen molar-refractivity contribution in [3.05, 3.63) is 23.8 Å². The maximum absolute atomic E-state index is 12.6. The quantitative estimate of drug-likeness (QED) is 0.848. The van der Waals surface area contributed by atoms with Crippen LogP contribution in [0.1, 0.15) is 37.7 Å². The van der Waals surface area contributed by atoms with Gasteiger partial charge < -0.3 is 5.73 Å². The van der Waals surface area contributed by atoms with E-state index in [-0.39, 0.29) is 4.90 Å². The summed E-state index contributed by atoms with van der Waals surface area (Å²) in [5.74, 6) is 0. The van der Waals surface area contributed by atoms with Crippen LogP contribution in [0.15, 0.2) is 23.1 Å². The smallest absolute Gasteiger partial charge is 0.245 e. The molecule has 106 valence electrons. The van der Waals surface area contributed by atoms with Gasteiger partial charge in [-0.3, -0.25) is 0 Å². The van der Waals surface area contributed by atoms with E-state index in [2.05, 4.69) is 0 Å². The lowest BCUT2D eigenvalue weighted by Crippen LogP contribution is -2.34. The van der Waals surface area contributed by atoms with Gasteiger partial charge in [0.05, 0.1) is 5.69 Å². The Labute approximate surface area is 115 Å². The van der Waals surface area contributed by atoms with E-state index < -0.39 is 10.0 Å². The second-order valence-corrected chi connectivity index (χ2v) is 7.12. The van der Waals surface area contributed by atoms with Gasteiger partial charge in [0.1, 0.15) is 4.90 Å². The summed E-state index contributed by atoms with van der Waals surface area (Å²) in [4.78, 5) is 0.249. The zero-order chi connectivity index (χ0) is 13.9. The summed E-state index contributed by atoms with van der Waals surface area (Å²) < 4.78 is 26.9. The highest BCUT2D eigenvalue weighted by atomic mass is 32.2. The summed E-state index contributed by atoms with van der Waals surface area (Å²) in [6.07, 6.45) is 5.29. The van der Waals surface area contributed by atoms with Gasteiger partial charge in [-0.1, -0.05) is 25.3 Å². The first-order valence-electron chi connectivity index (χ1n) is 6.88. The molecule has 0 aromatic heterocycles. The molecule has 0 unspecified atom stereocenters. The molecule has 0 atom stereocenters. The predicted octanol–water partition coefficient (Wildman–Crippen LogP) is 2.53. The molecule has 5 heteroatoms. The molecule has 1 aromatic carbocycles. The van der Waals surface area contributed by atoms with E-state index in [1.165, 1.54) is 6.42 Å². The molecule has 0 saturated carbocycles. The second kappa shape index (κ2) is 5.92. The Morgan fingerprint density at radius 2 is 1.63 bits per heavy atom. The molecule has 1 heterocycles. The molecule has 0 aliphatic carbocycles. The SMILES string of the molecule is Cc1ccc(S(=O)(=O)N2CCCCCCC2)c(N)c1. The lowest BCUT2D eigenvalue weighted by atomic mass is 10.1.